The molecule has 34 heavy (non-hydrogen) atoms. The summed E-state index contributed by atoms with van der Waals surface area (Å²) in [6.45, 7) is 2.43. The van der Waals surface area contributed by atoms with Gasteiger partial charge in [0.1, 0.15) is 23.7 Å². The third-order valence-electron chi connectivity index (χ3n) is 6.09. The van der Waals surface area contributed by atoms with Crippen LogP contribution in [-0.2, 0) is 9.53 Å². The molecule has 9 nitrogen and oxygen atoms in total. The summed E-state index contributed by atoms with van der Waals surface area (Å²) in [4.78, 5) is 24.7. The summed E-state index contributed by atoms with van der Waals surface area (Å²) in [5, 5.41) is 18.4. The van der Waals surface area contributed by atoms with Gasteiger partial charge in [-0.2, -0.15) is 0 Å². The molecule has 3 amide bonds. The van der Waals surface area contributed by atoms with Gasteiger partial charge in [0.25, 0.3) is 0 Å². The number of benzene rings is 2. The Balaban J connectivity index is 1.43. The van der Waals surface area contributed by atoms with Gasteiger partial charge < -0.3 is 35.3 Å². The first-order valence-electron chi connectivity index (χ1n) is 11.6. The van der Waals surface area contributed by atoms with Gasteiger partial charge in [-0.1, -0.05) is 6.92 Å². The van der Waals surface area contributed by atoms with Crippen molar-refractivity contribution in [2.24, 2.45) is 0 Å². The maximum absolute atomic E-state index is 12.5. The van der Waals surface area contributed by atoms with Gasteiger partial charge in [0, 0.05) is 29.4 Å². The van der Waals surface area contributed by atoms with Gasteiger partial charge >= 0.3 is 6.03 Å². The third-order valence-corrected chi connectivity index (χ3v) is 6.09. The molecule has 1 saturated heterocycles. The summed E-state index contributed by atoms with van der Waals surface area (Å²) in [5.74, 6) is 1.30. The Morgan fingerprint density at radius 1 is 1.12 bits per heavy atom. The molecule has 4 rings (SSSR count). The molecule has 9 heteroatoms. The van der Waals surface area contributed by atoms with Gasteiger partial charge in [-0.15, -0.1) is 0 Å². The standard InChI is InChI=1S/C25H31N3O6/c1-3-10-26-23(30)13-18-12-20-19-11-16(6-9-21(19)34-24(20)22(14-29)33-18)28-25(31)27-15-4-7-17(32-2)8-5-15/h4-9,11,18,20,22,24,29H,3,10,12-14H2,1-2H3,(H,26,30)(H2,27,28,31)/t18-,20+,22-,24-/m0/s1. The van der Waals surface area contributed by atoms with Gasteiger partial charge in [-0.25, -0.2) is 4.79 Å². The summed E-state index contributed by atoms with van der Waals surface area (Å²) in [5.41, 5.74) is 2.20. The Morgan fingerprint density at radius 2 is 1.85 bits per heavy atom. The van der Waals surface area contributed by atoms with E-state index < -0.39 is 6.10 Å². The number of hydrogen-bond donors (Lipinski definition) is 4. The van der Waals surface area contributed by atoms with E-state index in [1.54, 1.807) is 37.4 Å². The van der Waals surface area contributed by atoms with E-state index in [1.165, 1.54) is 0 Å². The molecule has 0 bridgehead atoms. The van der Waals surface area contributed by atoms with E-state index in [1.807, 2.05) is 19.1 Å². The van der Waals surface area contributed by atoms with Crippen molar-refractivity contribution in [1.29, 1.82) is 0 Å². The highest BCUT2D eigenvalue weighted by Crippen LogP contribution is 2.47. The van der Waals surface area contributed by atoms with Crippen molar-refractivity contribution in [3.8, 4) is 11.5 Å². The molecular formula is C25H31N3O6. The molecule has 2 aliphatic heterocycles. The van der Waals surface area contributed by atoms with E-state index in [9.17, 15) is 14.7 Å². The lowest BCUT2D eigenvalue weighted by atomic mass is 9.84. The van der Waals surface area contributed by atoms with Crippen LogP contribution < -0.4 is 25.4 Å². The Hall–Kier alpha value is -3.30. The van der Waals surface area contributed by atoms with Crippen LogP contribution in [0.3, 0.4) is 0 Å². The summed E-state index contributed by atoms with van der Waals surface area (Å²) in [6, 6.07) is 12.2. The molecule has 0 radical (unpaired) electrons. The Kier molecular flexibility index (Phi) is 7.54. The zero-order valence-electron chi connectivity index (χ0n) is 19.4. The zero-order valence-corrected chi connectivity index (χ0v) is 19.4. The minimum Gasteiger partial charge on any atom is -0.497 e. The van der Waals surface area contributed by atoms with Crippen molar-refractivity contribution in [2.45, 2.75) is 50.4 Å². The number of rotatable bonds is 8. The zero-order chi connectivity index (χ0) is 24.1. The summed E-state index contributed by atoms with van der Waals surface area (Å²) >= 11 is 0. The van der Waals surface area contributed by atoms with E-state index in [0.717, 1.165) is 12.0 Å². The monoisotopic (exact) mass is 469 g/mol. The van der Waals surface area contributed by atoms with Crippen molar-refractivity contribution in [2.75, 3.05) is 30.9 Å². The molecular weight excluding hydrogens is 438 g/mol. The molecule has 0 aliphatic carbocycles. The molecule has 1 fully saturated rings. The predicted molar refractivity (Wildman–Crippen MR) is 128 cm³/mol. The van der Waals surface area contributed by atoms with Gasteiger partial charge in [-0.05, 0) is 55.3 Å². The van der Waals surface area contributed by atoms with E-state index in [0.29, 0.717) is 35.8 Å². The van der Waals surface area contributed by atoms with Crippen LogP contribution in [0.2, 0.25) is 0 Å². The second-order valence-corrected chi connectivity index (χ2v) is 8.52. The average molecular weight is 470 g/mol. The normalized spacial score (nSPS) is 22.7. The summed E-state index contributed by atoms with van der Waals surface area (Å²) in [6.07, 6.45) is 0.513. The SMILES string of the molecule is CCCNC(=O)C[C@@H]1C[C@@H]2c3cc(NC(=O)Nc4ccc(OC)cc4)ccc3O[C@@H]2[C@H](CO)O1. The van der Waals surface area contributed by atoms with Crippen LogP contribution in [0.4, 0.5) is 16.2 Å². The Bertz CT molecular complexity index is 1010. The number of nitrogens with one attached hydrogen (secondary N) is 3. The molecule has 4 atom stereocenters. The molecule has 2 heterocycles. The van der Waals surface area contributed by atoms with Gasteiger partial charge in [-0.3, -0.25) is 4.79 Å². The number of urea groups is 1. The van der Waals surface area contributed by atoms with Crippen molar-refractivity contribution in [1.82, 2.24) is 5.32 Å². The van der Waals surface area contributed by atoms with Gasteiger partial charge in [0.05, 0.1) is 26.2 Å². The number of methoxy groups -OCH3 is 1. The van der Waals surface area contributed by atoms with Crippen LogP contribution in [0.1, 0.15) is 37.7 Å². The third kappa shape index (κ3) is 5.43. The fourth-order valence-corrected chi connectivity index (χ4v) is 4.48. The number of hydrogen-bond acceptors (Lipinski definition) is 6. The molecule has 2 aromatic carbocycles. The fourth-order valence-electron chi connectivity index (χ4n) is 4.48. The fraction of sp³-hybridized carbons (Fsp3) is 0.440. The minimum atomic E-state index is -0.523. The summed E-state index contributed by atoms with van der Waals surface area (Å²) < 4.78 is 17.2. The van der Waals surface area contributed by atoms with Crippen LogP contribution in [-0.4, -0.2) is 55.6 Å². The van der Waals surface area contributed by atoms with Crippen molar-refractivity contribution < 1.29 is 28.9 Å². The van der Waals surface area contributed by atoms with Crippen molar-refractivity contribution in [3.63, 3.8) is 0 Å². The number of aliphatic hydroxyl groups excluding tert-OH is 1. The largest absolute Gasteiger partial charge is 0.497 e. The quantitative estimate of drug-likeness (QED) is 0.471. The van der Waals surface area contributed by atoms with E-state index in [4.69, 9.17) is 14.2 Å². The molecule has 0 unspecified atom stereocenters. The van der Waals surface area contributed by atoms with Crippen LogP contribution in [0.15, 0.2) is 42.5 Å². The maximum Gasteiger partial charge on any atom is 0.323 e. The van der Waals surface area contributed by atoms with Crippen LogP contribution >= 0.6 is 0 Å². The minimum absolute atomic E-state index is 0.0451. The Labute approximate surface area is 198 Å². The Morgan fingerprint density at radius 3 is 2.56 bits per heavy atom. The first-order valence-corrected chi connectivity index (χ1v) is 11.6. The number of amides is 3. The average Bonchev–Trinajstić information content (AvgIpc) is 3.20. The lowest BCUT2D eigenvalue weighted by Gasteiger charge is -2.37. The first kappa shape index (κ1) is 23.8. The maximum atomic E-state index is 12.5. The molecule has 2 aromatic rings. The number of carbonyl (C=O) groups excluding carboxylic acids is 2. The molecule has 4 N–H and O–H groups in total. The second-order valence-electron chi connectivity index (χ2n) is 8.52. The molecule has 0 aromatic heterocycles. The summed E-state index contributed by atoms with van der Waals surface area (Å²) in [7, 11) is 1.59. The number of aliphatic hydroxyl groups is 1. The molecule has 2 aliphatic rings. The number of carbonyl (C=O) groups is 2. The first-order chi connectivity index (χ1) is 16.5. The van der Waals surface area contributed by atoms with Crippen LogP contribution in [0.25, 0.3) is 0 Å². The van der Waals surface area contributed by atoms with E-state index >= 15 is 0 Å². The number of fused-ring (bicyclic) bond motifs is 3. The highest BCUT2D eigenvalue weighted by molar-refractivity contribution is 5.99. The number of ether oxygens (including phenoxy) is 3. The van der Waals surface area contributed by atoms with Crippen LogP contribution in [0.5, 0.6) is 11.5 Å². The van der Waals surface area contributed by atoms with Crippen molar-refractivity contribution >= 4 is 23.3 Å². The van der Waals surface area contributed by atoms with Gasteiger partial charge in [0.2, 0.25) is 5.91 Å². The van der Waals surface area contributed by atoms with E-state index in [2.05, 4.69) is 16.0 Å². The smallest absolute Gasteiger partial charge is 0.323 e. The predicted octanol–water partition coefficient (Wildman–Crippen LogP) is 3.25. The highest BCUT2D eigenvalue weighted by Gasteiger charge is 2.46. The second kappa shape index (κ2) is 10.8. The highest BCUT2D eigenvalue weighted by atomic mass is 16.6. The number of anilines is 2. The van der Waals surface area contributed by atoms with E-state index in [-0.39, 0.29) is 43.1 Å². The lowest BCUT2D eigenvalue weighted by molar-refractivity contribution is -0.142. The molecule has 0 spiro atoms. The molecule has 0 saturated carbocycles. The lowest BCUT2D eigenvalue weighted by Crippen LogP contribution is -2.47. The van der Waals surface area contributed by atoms with Gasteiger partial charge in [0.15, 0.2) is 0 Å². The molecule has 182 valence electrons. The van der Waals surface area contributed by atoms with Crippen molar-refractivity contribution in [3.05, 3.63) is 48.0 Å². The topological polar surface area (TPSA) is 118 Å². The van der Waals surface area contributed by atoms with Crippen LogP contribution in [0, 0.1) is 0 Å².